The number of carbonyl (C=O) groups is 1. The SMILES string of the molecule is CNCc1cccc(C[C@H](C)C(C)=O)c1. The van der Waals surface area contributed by atoms with Gasteiger partial charge in [-0.05, 0) is 31.5 Å². The molecule has 15 heavy (non-hydrogen) atoms. The van der Waals surface area contributed by atoms with E-state index in [1.807, 2.05) is 14.0 Å². The van der Waals surface area contributed by atoms with E-state index in [1.165, 1.54) is 11.1 Å². The first-order valence-corrected chi connectivity index (χ1v) is 5.36. The highest BCUT2D eigenvalue weighted by atomic mass is 16.1. The van der Waals surface area contributed by atoms with Gasteiger partial charge in [-0.1, -0.05) is 31.2 Å². The third-order valence-corrected chi connectivity index (χ3v) is 2.61. The maximum absolute atomic E-state index is 11.1. The predicted octanol–water partition coefficient (Wildman–Crippen LogP) is 2.17. The minimum Gasteiger partial charge on any atom is -0.316 e. The van der Waals surface area contributed by atoms with Crippen LogP contribution in [0.3, 0.4) is 0 Å². The van der Waals surface area contributed by atoms with Crippen molar-refractivity contribution in [3.05, 3.63) is 35.4 Å². The molecule has 0 unspecified atom stereocenters. The molecule has 0 aliphatic carbocycles. The molecule has 1 rings (SSSR count). The summed E-state index contributed by atoms with van der Waals surface area (Å²) < 4.78 is 0. The zero-order chi connectivity index (χ0) is 11.3. The minimum atomic E-state index is 0.120. The number of Topliss-reactive ketones (excluding diaryl/α,β-unsaturated/α-hetero) is 1. The van der Waals surface area contributed by atoms with Crippen LogP contribution in [0.25, 0.3) is 0 Å². The first-order valence-electron chi connectivity index (χ1n) is 5.36. The molecule has 0 fully saturated rings. The van der Waals surface area contributed by atoms with Gasteiger partial charge in [-0.15, -0.1) is 0 Å². The van der Waals surface area contributed by atoms with Crippen LogP contribution in [0.5, 0.6) is 0 Å². The van der Waals surface area contributed by atoms with Crippen molar-refractivity contribution in [2.24, 2.45) is 5.92 Å². The van der Waals surface area contributed by atoms with Crippen molar-refractivity contribution in [1.29, 1.82) is 0 Å². The fourth-order valence-corrected chi connectivity index (χ4v) is 1.57. The van der Waals surface area contributed by atoms with E-state index in [0.29, 0.717) is 0 Å². The summed E-state index contributed by atoms with van der Waals surface area (Å²) >= 11 is 0. The maximum atomic E-state index is 11.1. The number of rotatable bonds is 5. The van der Waals surface area contributed by atoms with Crippen molar-refractivity contribution in [2.75, 3.05) is 7.05 Å². The van der Waals surface area contributed by atoms with Crippen LogP contribution in [0.15, 0.2) is 24.3 Å². The van der Waals surface area contributed by atoms with E-state index >= 15 is 0 Å². The molecular formula is C13H19NO. The molecule has 82 valence electrons. The summed E-state index contributed by atoms with van der Waals surface area (Å²) in [6.45, 7) is 4.51. The van der Waals surface area contributed by atoms with Crippen molar-refractivity contribution < 1.29 is 4.79 Å². The topological polar surface area (TPSA) is 29.1 Å². The molecule has 1 atom stereocenters. The number of ketones is 1. The van der Waals surface area contributed by atoms with E-state index in [9.17, 15) is 4.79 Å². The number of carbonyl (C=O) groups excluding carboxylic acids is 1. The molecule has 0 amide bonds. The summed E-state index contributed by atoms with van der Waals surface area (Å²) in [4.78, 5) is 11.1. The summed E-state index contributed by atoms with van der Waals surface area (Å²) in [5, 5.41) is 3.12. The number of hydrogen-bond acceptors (Lipinski definition) is 2. The molecule has 1 aromatic rings. The van der Waals surface area contributed by atoms with Crippen molar-refractivity contribution >= 4 is 5.78 Å². The Kier molecular flexibility index (Phi) is 4.50. The second-order valence-electron chi connectivity index (χ2n) is 4.07. The van der Waals surface area contributed by atoms with Gasteiger partial charge in [0.25, 0.3) is 0 Å². The van der Waals surface area contributed by atoms with E-state index in [-0.39, 0.29) is 11.7 Å². The van der Waals surface area contributed by atoms with Crippen LogP contribution in [-0.4, -0.2) is 12.8 Å². The average molecular weight is 205 g/mol. The van der Waals surface area contributed by atoms with Gasteiger partial charge in [0.05, 0.1) is 0 Å². The smallest absolute Gasteiger partial charge is 0.132 e. The summed E-state index contributed by atoms with van der Waals surface area (Å²) in [7, 11) is 1.94. The van der Waals surface area contributed by atoms with E-state index in [4.69, 9.17) is 0 Å². The van der Waals surface area contributed by atoms with Gasteiger partial charge < -0.3 is 5.32 Å². The Bertz CT molecular complexity index is 333. The van der Waals surface area contributed by atoms with Crippen molar-refractivity contribution in [2.45, 2.75) is 26.8 Å². The highest BCUT2D eigenvalue weighted by Gasteiger charge is 2.08. The van der Waals surface area contributed by atoms with E-state index in [0.717, 1.165) is 13.0 Å². The first-order chi connectivity index (χ1) is 7.13. The lowest BCUT2D eigenvalue weighted by Gasteiger charge is -2.09. The number of hydrogen-bond donors (Lipinski definition) is 1. The van der Waals surface area contributed by atoms with Gasteiger partial charge >= 0.3 is 0 Å². The highest BCUT2D eigenvalue weighted by Crippen LogP contribution is 2.11. The van der Waals surface area contributed by atoms with Crippen LogP contribution in [0, 0.1) is 5.92 Å². The van der Waals surface area contributed by atoms with E-state index in [1.54, 1.807) is 6.92 Å². The van der Waals surface area contributed by atoms with Crippen molar-refractivity contribution in [3.8, 4) is 0 Å². The molecule has 1 aromatic carbocycles. The number of nitrogens with one attached hydrogen (secondary N) is 1. The summed E-state index contributed by atoms with van der Waals surface area (Å²) in [5.41, 5.74) is 2.51. The monoisotopic (exact) mass is 205 g/mol. The fourth-order valence-electron chi connectivity index (χ4n) is 1.57. The van der Waals surface area contributed by atoms with Gasteiger partial charge in [0.1, 0.15) is 5.78 Å². The van der Waals surface area contributed by atoms with Gasteiger partial charge in [0, 0.05) is 12.5 Å². The molecule has 0 aromatic heterocycles. The maximum Gasteiger partial charge on any atom is 0.132 e. The lowest BCUT2D eigenvalue weighted by Crippen LogP contribution is -2.10. The summed E-state index contributed by atoms with van der Waals surface area (Å²) in [6, 6.07) is 8.39. The van der Waals surface area contributed by atoms with Gasteiger partial charge in [-0.25, -0.2) is 0 Å². The van der Waals surface area contributed by atoms with Crippen molar-refractivity contribution in [1.82, 2.24) is 5.32 Å². The van der Waals surface area contributed by atoms with Gasteiger partial charge in [-0.2, -0.15) is 0 Å². The normalized spacial score (nSPS) is 12.5. The molecule has 2 heteroatoms. The van der Waals surface area contributed by atoms with Gasteiger partial charge in [0.2, 0.25) is 0 Å². The zero-order valence-corrected chi connectivity index (χ0v) is 9.71. The molecule has 0 heterocycles. The Morgan fingerprint density at radius 1 is 1.40 bits per heavy atom. The van der Waals surface area contributed by atoms with E-state index in [2.05, 4.69) is 29.6 Å². The summed E-state index contributed by atoms with van der Waals surface area (Å²) in [6.07, 6.45) is 0.840. The molecule has 0 saturated carbocycles. The molecule has 0 spiro atoms. The van der Waals surface area contributed by atoms with Crippen molar-refractivity contribution in [3.63, 3.8) is 0 Å². The quantitative estimate of drug-likeness (QED) is 0.798. The Balaban J connectivity index is 2.68. The van der Waals surface area contributed by atoms with E-state index < -0.39 is 0 Å². The van der Waals surface area contributed by atoms with Crippen LogP contribution in [0.1, 0.15) is 25.0 Å². The lowest BCUT2D eigenvalue weighted by molar-refractivity contribution is -0.120. The molecule has 0 bridgehead atoms. The second kappa shape index (κ2) is 5.66. The van der Waals surface area contributed by atoms with Crippen LogP contribution < -0.4 is 5.32 Å². The second-order valence-corrected chi connectivity index (χ2v) is 4.07. The minimum absolute atomic E-state index is 0.120. The van der Waals surface area contributed by atoms with Crippen LogP contribution in [0.2, 0.25) is 0 Å². The van der Waals surface area contributed by atoms with Crippen LogP contribution >= 0.6 is 0 Å². The molecule has 0 radical (unpaired) electrons. The standard InChI is InChI=1S/C13H19NO/c1-10(11(2)15)7-12-5-4-6-13(8-12)9-14-3/h4-6,8,10,14H,7,9H2,1-3H3/t10-/m0/s1. The molecule has 1 N–H and O–H groups in total. The van der Waals surface area contributed by atoms with Gasteiger partial charge in [0.15, 0.2) is 0 Å². The molecule has 2 nitrogen and oxygen atoms in total. The van der Waals surface area contributed by atoms with Crippen LogP contribution in [0.4, 0.5) is 0 Å². The first kappa shape index (κ1) is 11.9. The molecule has 0 aliphatic rings. The molecular weight excluding hydrogens is 186 g/mol. The fraction of sp³-hybridized carbons (Fsp3) is 0.462. The summed E-state index contributed by atoms with van der Waals surface area (Å²) in [5.74, 6) is 0.379. The Labute approximate surface area is 91.7 Å². The zero-order valence-electron chi connectivity index (χ0n) is 9.71. The Morgan fingerprint density at radius 3 is 2.67 bits per heavy atom. The number of benzene rings is 1. The molecule has 0 aliphatic heterocycles. The Hall–Kier alpha value is -1.15. The largest absolute Gasteiger partial charge is 0.316 e. The lowest BCUT2D eigenvalue weighted by atomic mass is 9.97. The highest BCUT2D eigenvalue weighted by molar-refractivity contribution is 5.78. The average Bonchev–Trinajstić information content (AvgIpc) is 2.18. The predicted molar refractivity (Wildman–Crippen MR) is 62.8 cm³/mol. The third-order valence-electron chi connectivity index (χ3n) is 2.61. The Morgan fingerprint density at radius 2 is 2.07 bits per heavy atom. The van der Waals surface area contributed by atoms with Gasteiger partial charge in [-0.3, -0.25) is 4.79 Å². The van der Waals surface area contributed by atoms with Crippen LogP contribution in [-0.2, 0) is 17.8 Å². The third kappa shape index (κ3) is 3.84. The molecule has 0 saturated heterocycles.